The van der Waals surface area contributed by atoms with Crippen molar-refractivity contribution in [2.45, 2.75) is 180 Å². The van der Waals surface area contributed by atoms with E-state index in [9.17, 15) is 63.3 Å². The highest BCUT2D eigenvalue weighted by Crippen LogP contribution is 2.22. The molecule has 4 aromatic rings. The number of phenolic OH excluding ortho intramolecular Hbond substituents is 1. The van der Waals surface area contributed by atoms with Crippen molar-refractivity contribution in [3.63, 3.8) is 0 Å². The second-order valence-corrected chi connectivity index (χ2v) is 24.4. The van der Waals surface area contributed by atoms with Gasteiger partial charge in [-0.25, -0.2) is 14.8 Å². The maximum atomic E-state index is 15.1. The van der Waals surface area contributed by atoms with Gasteiger partial charge in [-0.05, 0) is 73.1 Å². The van der Waals surface area contributed by atoms with Crippen LogP contribution in [0.5, 0.6) is 5.75 Å². The number of rotatable bonds is 37. The van der Waals surface area contributed by atoms with E-state index in [0.717, 1.165) is 6.92 Å². The third-order valence-corrected chi connectivity index (χ3v) is 15.6. The number of aromatic amines is 2. The summed E-state index contributed by atoms with van der Waals surface area (Å²) in [6, 6.07) is 0.810. The number of nitrogens with two attached hydrogens (primary N) is 3. The number of carbonyl (C=O) groups is 12. The van der Waals surface area contributed by atoms with Crippen LogP contribution in [-0.4, -0.2) is 196 Å². The van der Waals surface area contributed by atoms with E-state index in [-0.39, 0.29) is 82.1 Å². The summed E-state index contributed by atoms with van der Waals surface area (Å²) in [6.07, 6.45) is 5.26. The van der Waals surface area contributed by atoms with Gasteiger partial charge >= 0.3 is 11.9 Å². The Morgan fingerprint density at radius 2 is 1.10 bits per heavy atom. The number of hydrogen-bond acceptors (Lipinski definition) is 17. The lowest BCUT2D eigenvalue weighted by Gasteiger charge is -2.32. The van der Waals surface area contributed by atoms with Crippen LogP contribution in [0, 0.1) is 17.8 Å². The zero-order valence-electron chi connectivity index (χ0n) is 55.4. The van der Waals surface area contributed by atoms with Crippen molar-refractivity contribution in [3.8, 4) is 5.75 Å². The van der Waals surface area contributed by atoms with Crippen LogP contribution in [0.2, 0.25) is 0 Å². The molecule has 0 aliphatic carbocycles. The monoisotopic (exact) mass is 1360 g/mol. The average molecular weight is 1360 g/mol. The lowest BCUT2D eigenvalue weighted by Crippen LogP contribution is -2.62. The molecule has 0 radical (unpaired) electrons. The molecule has 33 nitrogen and oxygen atoms in total. The minimum atomic E-state index is -1.53. The number of carbonyl (C=O) groups excluding carboxylic acids is 9. The van der Waals surface area contributed by atoms with E-state index >= 15 is 4.79 Å². The van der Waals surface area contributed by atoms with Gasteiger partial charge in [0.15, 0.2) is 5.96 Å². The number of carboxylic acid groups (broad SMARTS) is 3. The minimum Gasteiger partial charge on any atom is -0.508 e. The van der Waals surface area contributed by atoms with Gasteiger partial charge < -0.3 is 95.0 Å². The van der Waals surface area contributed by atoms with E-state index in [1.54, 1.807) is 71.9 Å². The molecule has 11 atom stereocenters. The number of aromatic hydroxyl groups is 1. The van der Waals surface area contributed by atoms with Crippen LogP contribution >= 0.6 is 0 Å². The zero-order valence-corrected chi connectivity index (χ0v) is 55.4. The summed E-state index contributed by atoms with van der Waals surface area (Å²) < 4.78 is 0. The fourth-order valence-electron chi connectivity index (χ4n) is 10.4. The van der Waals surface area contributed by atoms with Gasteiger partial charge in [0.1, 0.15) is 60.1 Å². The number of guanidine groups is 1. The molecule has 530 valence electrons. The van der Waals surface area contributed by atoms with Gasteiger partial charge in [-0.2, -0.15) is 0 Å². The highest BCUT2D eigenvalue weighted by Gasteiger charge is 2.42. The molecule has 1 saturated heterocycles. The molecule has 1 aliphatic heterocycles. The zero-order chi connectivity index (χ0) is 72.1. The lowest BCUT2D eigenvalue weighted by molar-refractivity contribution is -0.143. The van der Waals surface area contributed by atoms with Gasteiger partial charge in [-0.15, -0.1) is 0 Å². The molecule has 0 saturated carbocycles. The Labute approximate surface area is 560 Å². The Hall–Kier alpha value is -10.5. The standard InChI is InChI=1S/C62H89N17O14.C2H4O2/c1-7-35(6)51(78-56(87)44(25-37-17-19-40(80)20-18-37)74-58(89)50(34(4)5)77-53(84)42(15-11-21-68-62(64)65)71-52(83)41(63)28-49(81)82)59(90)75-46(27-39-30-67-32-70-39)60(91)79-22-12-16-48(79)57(88)73-43(24-36-13-9-8-10-14-36)54(85)72-45(26-38-29-66-31-69-38)55(86)76-47(61(92)93)23-33(2)3;1-2(3)4/h8-10,13-14,17-20,29-35,41-48,50-51,80H,7,11-12,15-16,21-28,63H2,1-6H3,(H,66,69)(H,67,70)(H,71,83)(H,72,85)(H,73,88)(H,74,89)(H,75,90)(H,76,86)(H,77,84)(H,78,87)(H,81,82)(H,92,93)(H4,64,65,68);1H3,(H,3,4)/t35-,41-,42-,43-,44-,45-,46-,47-,48-,50-,51-;/m0./s1. The molecule has 3 heterocycles. The van der Waals surface area contributed by atoms with E-state index in [1.165, 1.54) is 54.2 Å². The second-order valence-electron chi connectivity index (χ2n) is 24.4. The van der Waals surface area contributed by atoms with E-state index in [0.29, 0.717) is 35.4 Å². The highest BCUT2D eigenvalue weighted by molar-refractivity contribution is 5.99. The number of nitrogens with one attached hydrogen (secondary N) is 10. The molecule has 2 aromatic heterocycles. The van der Waals surface area contributed by atoms with Crippen molar-refractivity contribution < 1.29 is 78.0 Å². The maximum Gasteiger partial charge on any atom is 0.326 e. The first kappa shape index (κ1) is 79.0. The Bertz CT molecular complexity index is 3290. The van der Waals surface area contributed by atoms with E-state index in [1.807, 2.05) is 0 Å². The maximum absolute atomic E-state index is 15.1. The highest BCUT2D eigenvalue weighted by atomic mass is 16.4. The normalized spacial score (nSPS) is 15.7. The van der Waals surface area contributed by atoms with Crippen LogP contribution in [0.4, 0.5) is 0 Å². The van der Waals surface area contributed by atoms with Gasteiger partial charge in [0.05, 0.1) is 25.1 Å². The van der Waals surface area contributed by atoms with Gasteiger partial charge in [0.2, 0.25) is 53.2 Å². The van der Waals surface area contributed by atoms with Crippen molar-refractivity contribution in [2.24, 2.45) is 39.9 Å². The SMILES string of the molecule is CC(=O)O.CC[C@H](C)[C@H](NC(=O)[C@H](Cc1ccc(O)cc1)NC(=O)[C@@H](NC(=O)[C@H](CCCN=C(N)N)NC(=O)[C@@H](N)CC(=O)O)C(C)C)C(=O)N[C@@H](Cc1cnc[nH]1)C(=O)N1CCC[C@H]1C(=O)N[C@@H](Cc1ccccc1)C(=O)N[C@@H](Cc1cnc[nH]1)C(=O)N[C@@H](CC(C)C)C(=O)O. The van der Waals surface area contributed by atoms with Crippen molar-refractivity contribution in [3.05, 3.63) is 102 Å². The third-order valence-electron chi connectivity index (χ3n) is 15.6. The molecule has 2 aromatic carbocycles. The summed E-state index contributed by atoms with van der Waals surface area (Å²) in [6.45, 7) is 11.4. The van der Waals surface area contributed by atoms with Crippen molar-refractivity contribution in [1.82, 2.24) is 67.4 Å². The Kier molecular flexibility index (Phi) is 32.1. The number of phenols is 1. The second kappa shape index (κ2) is 39.4. The number of aromatic nitrogens is 4. The largest absolute Gasteiger partial charge is 0.508 e. The predicted octanol–water partition coefficient (Wildman–Crippen LogP) is -1.24. The van der Waals surface area contributed by atoms with Crippen molar-refractivity contribution >= 4 is 77.0 Å². The fourth-order valence-corrected chi connectivity index (χ4v) is 10.4. The Balaban J connectivity index is 0.00000486. The molecule has 33 heteroatoms. The van der Waals surface area contributed by atoms with Gasteiger partial charge in [-0.1, -0.05) is 90.4 Å². The summed E-state index contributed by atoms with van der Waals surface area (Å²) in [5, 5.41) is 58.2. The molecule has 1 fully saturated rings. The van der Waals surface area contributed by atoms with Gasteiger partial charge in [0, 0.05) is 69.5 Å². The average Bonchev–Trinajstić information content (AvgIpc) is 1.82. The number of amides is 9. The number of benzene rings is 2. The lowest BCUT2D eigenvalue weighted by atomic mass is 9.96. The van der Waals surface area contributed by atoms with Crippen molar-refractivity contribution in [2.75, 3.05) is 13.1 Å². The summed E-state index contributed by atoms with van der Waals surface area (Å²) in [5.74, 6) is -12.6. The molecule has 9 amide bonds. The first-order valence-corrected chi connectivity index (χ1v) is 31.8. The number of aliphatic imine (C=N–C) groups is 1. The number of likely N-dealkylation sites (tertiary alicyclic amines) is 1. The molecule has 1 aliphatic rings. The molecular weight excluding hydrogens is 1260 g/mol. The molecule has 0 bridgehead atoms. The van der Waals surface area contributed by atoms with Crippen LogP contribution < -0.4 is 59.7 Å². The minimum absolute atomic E-state index is 0.0425. The molecule has 20 N–H and O–H groups in total. The molecule has 5 rings (SSSR count). The molecule has 97 heavy (non-hydrogen) atoms. The third kappa shape index (κ3) is 27.1. The smallest absolute Gasteiger partial charge is 0.326 e. The number of nitrogens with zero attached hydrogens (tertiary/aromatic N) is 4. The van der Waals surface area contributed by atoms with Crippen molar-refractivity contribution in [1.29, 1.82) is 0 Å². The predicted molar refractivity (Wildman–Crippen MR) is 352 cm³/mol. The van der Waals surface area contributed by atoms with Gasteiger partial charge in [0.25, 0.3) is 5.97 Å². The number of carboxylic acids is 3. The number of H-pyrrole nitrogens is 2. The Morgan fingerprint density at radius 1 is 0.619 bits per heavy atom. The number of imidazole rings is 2. The van der Waals surface area contributed by atoms with Crippen LogP contribution in [0.1, 0.15) is 116 Å². The topological polar surface area (TPSA) is 533 Å². The van der Waals surface area contributed by atoms with Crippen LogP contribution in [0.3, 0.4) is 0 Å². The first-order chi connectivity index (χ1) is 45.9. The van der Waals surface area contributed by atoms with E-state index in [2.05, 4.69) is 67.5 Å². The van der Waals surface area contributed by atoms with Gasteiger partial charge in [-0.3, -0.25) is 57.7 Å². The van der Waals surface area contributed by atoms with Crippen LogP contribution in [-0.2, 0) is 83.2 Å². The quantitative estimate of drug-likeness (QED) is 0.0143. The Morgan fingerprint density at radius 3 is 1.63 bits per heavy atom. The summed E-state index contributed by atoms with van der Waals surface area (Å²) in [7, 11) is 0. The summed E-state index contributed by atoms with van der Waals surface area (Å²) in [5.41, 5.74) is 18.7. The molecular formula is C64H93N17O16. The van der Waals surface area contributed by atoms with E-state index in [4.69, 9.17) is 27.1 Å². The van der Waals surface area contributed by atoms with Crippen LogP contribution in [0.25, 0.3) is 0 Å². The fraction of sp³-hybridized carbons (Fsp3) is 0.516. The molecule has 0 spiro atoms. The van der Waals surface area contributed by atoms with E-state index < -0.39 is 150 Å². The van der Waals surface area contributed by atoms with Crippen LogP contribution in [0.15, 0.2) is 84.6 Å². The number of aliphatic carboxylic acids is 3. The summed E-state index contributed by atoms with van der Waals surface area (Å²) in [4.78, 5) is 181. The number of hydrogen-bond donors (Lipinski definition) is 17. The summed E-state index contributed by atoms with van der Waals surface area (Å²) >= 11 is 0. The molecule has 0 unspecified atom stereocenters. The first-order valence-electron chi connectivity index (χ1n) is 31.8.